The molecule has 0 bridgehead atoms. The molecule has 0 aliphatic heterocycles. The summed E-state index contributed by atoms with van der Waals surface area (Å²) in [6.45, 7) is 4.60. The summed E-state index contributed by atoms with van der Waals surface area (Å²) in [6.07, 6.45) is 2.41. The SMILES string of the molecule is CNCCN(C)C(=O)C(C)(C)n1cc([N+](=O)[O-])cn1.Cl. The minimum Gasteiger partial charge on any atom is -0.342 e. The minimum atomic E-state index is -0.962. The van der Waals surface area contributed by atoms with Crippen molar-refractivity contribution in [2.45, 2.75) is 19.4 Å². The number of nitrogens with one attached hydrogen (secondary N) is 1. The molecule has 0 saturated heterocycles. The molecular weight excluding hydrogens is 286 g/mol. The summed E-state index contributed by atoms with van der Waals surface area (Å²) < 4.78 is 1.32. The number of amides is 1. The van der Waals surface area contributed by atoms with E-state index in [0.29, 0.717) is 13.1 Å². The molecule has 0 saturated carbocycles. The fraction of sp³-hybridized carbons (Fsp3) is 0.636. The van der Waals surface area contributed by atoms with Gasteiger partial charge in [0.1, 0.15) is 17.9 Å². The van der Waals surface area contributed by atoms with E-state index in [1.807, 2.05) is 0 Å². The van der Waals surface area contributed by atoms with Crippen LogP contribution in [-0.2, 0) is 10.3 Å². The lowest BCUT2D eigenvalue weighted by Gasteiger charge is -2.29. The fourth-order valence-corrected chi connectivity index (χ4v) is 1.66. The van der Waals surface area contributed by atoms with Gasteiger partial charge in [0.2, 0.25) is 5.91 Å². The molecule has 1 aromatic heterocycles. The second kappa shape index (κ2) is 7.20. The summed E-state index contributed by atoms with van der Waals surface area (Å²) in [5, 5.41) is 17.5. The van der Waals surface area contributed by atoms with Crippen LogP contribution in [0.2, 0.25) is 0 Å². The van der Waals surface area contributed by atoms with Gasteiger partial charge in [-0.25, -0.2) is 0 Å². The van der Waals surface area contributed by atoms with E-state index in [1.54, 1.807) is 32.8 Å². The molecule has 0 atom stereocenters. The molecule has 0 aliphatic rings. The first-order chi connectivity index (χ1) is 8.80. The molecule has 0 spiro atoms. The molecular formula is C11H20ClN5O3. The summed E-state index contributed by atoms with van der Waals surface area (Å²) in [7, 11) is 3.50. The van der Waals surface area contributed by atoms with Gasteiger partial charge >= 0.3 is 5.69 Å². The number of nitrogens with zero attached hydrogens (tertiary/aromatic N) is 4. The van der Waals surface area contributed by atoms with Crippen molar-refractivity contribution in [3.05, 3.63) is 22.5 Å². The van der Waals surface area contributed by atoms with E-state index in [4.69, 9.17) is 0 Å². The van der Waals surface area contributed by atoms with Gasteiger partial charge in [-0.1, -0.05) is 0 Å². The highest BCUT2D eigenvalue weighted by Gasteiger charge is 2.34. The Labute approximate surface area is 123 Å². The summed E-state index contributed by atoms with van der Waals surface area (Å²) in [6, 6.07) is 0. The van der Waals surface area contributed by atoms with Crippen LogP contribution in [0.4, 0.5) is 5.69 Å². The highest BCUT2D eigenvalue weighted by atomic mass is 35.5. The van der Waals surface area contributed by atoms with Gasteiger partial charge in [-0.3, -0.25) is 19.6 Å². The highest BCUT2D eigenvalue weighted by Crippen LogP contribution is 2.20. The fourth-order valence-electron chi connectivity index (χ4n) is 1.66. The quantitative estimate of drug-likeness (QED) is 0.614. The summed E-state index contributed by atoms with van der Waals surface area (Å²) in [5.74, 6) is -0.152. The Morgan fingerprint density at radius 3 is 2.65 bits per heavy atom. The zero-order valence-corrected chi connectivity index (χ0v) is 12.8. The molecule has 1 rings (SSSR count). The Bertz CT molecular complexity index is 474. The maximum Gasteiger partial charge on any atom is 0.307 e. The second-order valence-corrected chi connectivity index (χ2v) is 4.79. The van der Waals surface area contributed by atoms with Crippen molar-refractivity contribution < 1.29 is 9.72 Å². The number of carbonyl (C=O) groups is 1. The van der Waals surface area contributed by atoms with Gasteiger partial charge in [-0.15, -0.1) is 12.4 Å². The van der Waals surface area contributed by atoms with Gasteiger partial charge in [-0.05, 0) is 20.9 Å². The largest absolute Gasteiger partial charge is 0.342 e. The summed E-state index contributed by atoms with van der Waals surface area (Å²) in [5.41, 5.74) is -1.09. The Morgan fingerprint density at radius 1 is 1.60 bits per heavy atom. The van der Waals surface area contributed by atoms with Gasteiger partial charge in [0.25, 0.3) is 0 Å². The first-order valence-electron chi connectivity index (χ1n) is 5.90. The van der Waals surface area contributed by atoms with Crippen molar-refractivity contribution in [3.63, 3.8) is 0 Å². The van der Waals surface area contributed by atoms with Gasteiger partial charge in [0.05, 0.1) is 4.92 Å². The van der Waals surface area contributed by atoms with Crippen LogP contribution in [0, 0.1) is 10.1 Å². The maximum absolute atomic E-state index is 12.3. The third-order valence-electron chi connectivity index (χ3n) is 2.92. The second-order valence-electron chi connectivity index (χ2n) is 4.79. The predicted molar refractivity (Wildman–Crippen MR) is 77.0 cm³/mol. The third-order valence-corrected chi connectivity index (χ3v) is 2.92. The first kappa shape index (κ1) is 18.3. The molecule has 20 heavy (non-hydrogen) atoms. The first-order valence-corrected chi connectivity index (χ1v) is 5.90. The molecule has 114 valence electrons. The van der Waals surface area contributed by atoms with Crippen molar-refractivity contribution in [1.29, 1.82) is 0 Å². The Balaban J connectivity index is 0.00000361. The Morgan fingerprint density at radius 2 is 2.20 bits per heavy atom. The standard InChI is InChI=1S/C11H19N5O3.ClH/c1-11(2,10(17)14(4)6-5-12-3)15-8-9(7-13-15)16(18)19;/h7-8,12H,5-6H2,1-4H3;1H. The lowest BCUT2D eigenvalue weighted by atomic mass is 10.0. The smallest absolute Gasteiger partial charge is 0.307 e. The molecule has 0 radical (unpaired) electrons. The van der Waals surface area contributed by atoms with Crippen LogP contribution < -0.4 is 5.32 Å². The van der Waals surface area contributed by atoms with Crippen LogP contribution >= 0.6 is 12.4 Å². The van der Waals surface area contributed by atoms with E-state index in [-0.39, 0.29) is 24.0 Å². The van der Waals surface area contributed by atoms with Crippen LogP contribution in [0.1, 0.15) is 13.8 Å². The van der Waals surface area contributed by atoms with E-state index >= 15 is 0 Å². The molecule has 0 fully saturated rings. The zero-order chi connectivity index (χ0) is 14.6. The summed E-state index contributed by atoms with van der Waals surface area (Å²) >= 11 is 0. The monoisotopic (exact) mass is 305 g/mol. The van der Waals surface area contributed by atoms with Gasteiger partial charge in [0, 0.05) is 20.1 Å². The number of rotatable bonds is 6. The van der Waals surface area contributed by atoms with Crippen LogP contribution in [-0.4, -0.2) is 52.7 Å². The van der Waals surface area contributed by atoms with E-state index in [2.05, 4.69) is 10.4 Å². The number of hydrogen-bond acceptors (Lipinski definition) is 5. The normalized spacial score (nSPS) is 10.8. The Hall–Kier alpha value is -1.67. The van der Waals surface area contributed by atoms with Crippen LogP contribution in [0.3, 0.4) is 0 Å². The Kier molecular flexibility index (Phi) is 6.60. The molecule has 0 unspecified atom stereocenters. The molecule has 1 heterocycles. The molecule has 8 nitrogen and oxygen atoms in total. The molecule has 9 heteroatoms. The van der Waals surface area contributed by atoms with Crippen LogP contribution in [0.25, 0.3) is 0 Å². The lowest BCUT2D eigenvalue weighted by Crippen LogP contribution is -2.47. The number of hydrogen-bond donors (Lipinski definition) is 1. The number of nitro groups is 1. The minimum absolute atomic E-state index is 0. The molecule has 1 amide bonds. The van der Waals surface area contributed by atoms with Gasteiger partial charge in [-0.2, -0.15) is 5.10 Å². The molecule has 0 aromatic carbocycles. The average molecular weight is 306 g/mol. The van der Waals surface area contributed by atoms with Gasteiger partial charge < -0.3 is 10.2 Å². The lowest BCUT2D eigenvalue weighted by molar-refractivity contribution is -0.385. The van der Waals surface area contributed by atoms with Crippen molar-refractivity contribution >= 4 is 24.0 Å². The van der Waals surface area contributed by atoms with Gasteiger partial charge in [0.15, 0.2) is 0 Å². The van der Waals surface area contributed by atoms with Crippen molar-refractivity contribution in [1.82, 2.24) is 20.0 Å². The van der Waals surface area contributed by atoms with E-state index in [9.17, 15) is 14.9 Å². The molecule has 1 aromatic rings. The molecule has 0 aliphatic carbocycles. The van der Waals surface area contributed by atoms with E-state index in [1.165, 1.54) is 10.9 Å². The average Bonchev–Trinajstić information content (AvgIpc) is 2.85. The van der Waals surface area contributed by atoms with Crippen molar-refractivity contribution in [2.24, 2.45) is 0 Å². The predicted octanol–water partition coefficient (Wildman–Crippen LogP) is 0.626. The number of likely N-dealkylation sites (N-methyl/N-ethyl adjacent to an activating group) is 2. The highest BCUT2D eigenvalue weighted by molar-refractivity contribution is 5.85. The number of halogens is 1. The van der Waals surface area contributed by atoms with Crippen molar-refractivity contribution in [2.75, 3.05) is 27.2 Å². The van der Waals surface area contributed by atoms with Crippen molar-refractivity contribution in [3.8, 4) is 0 Å². The maximum atomic E-state index is 12.3. The topological polar surface area (TPSA) is 93.3 Å². The van der Waals surface area contributed by atoms with E-state index in [0.717, 1.165) is 6.20 Å². The van der Waals surface area contributed by atoms with Crippen LogP contribution in [0.15, 0.2) is 12.4 Å². The third kappa shape index (κ3) is 3.91. The summed E-state index contributed by atoms with van der Waals surface area (Å²) in [4.78, 5) is 24.0. The number of aromatic nitrogens is 2. The van der Waals surface area contributed by atoms with E-state index < -0.39 is 10.5 Å². The zero-order valence-electron chi connectivity index (χ0n) is 12.0. The molecule has 1 N–H and O–H groups in total. The van der Waals surface area contributed by atoms with Crippen LogP contribution in [0.5, 0.6) is 0 Å². The number of carbonyl (C=O) groups excluding carboxylic acids is 1.